The molecular weight excluding hydrogens is 194 g/mol. The summed E-state index contributed by atoms with van der Waals surface area (Å²) in [6, 6.07) is 0.302. The Bertz CT molecular complexity index is 343. The molecule has 0 radical (unpaired) electrons. The normalized spacial score (nSPS) is 23.0. The molecule has 1 fully saturated rings. The second-order valence-corrected chi connectivity index (χ2v) is 4.44. The summed E-state index contributed by atoms with van der Waals surface area (Å²) in [6.45, 7) is 4.43. The fourth-order valence-corrected chi connectivity index (χ4v) is 1.56. The van der Waals surface area contributed by atoms with Gasteiger partial charge in [0.1, 0.15) is 11.3 Å². The first-order valence-corrected chi connectivity index (χ1v) is 5.21. The zero-order chi connectivity index (χ0) is 11.1. The fourth-order valence-electron chi connectivity index (χ4n) is 1.56. The first kappa shape index (κ1) is 10.3. The van der Waals surface area contributed by atoms with E-state index in [4.69, 9.17) is 0 Å². The zero-order valence-electron chi connectivity index (χ0n) is 8.96. The van der Waals surface area contributed by atoms with E-state index in [1.54, 1.807) is 0 Å². The summed E-state index contributed by atoms with van der Waals surface area (Å²) < 4.78 is 0. The number of aliphatic imine (C=N–C) groups is 1. The molecular formula is C10H15N3O2. The number of nitrogens with zero attached hydrogens (tertiary/aromatic N) is 1. The minimum Gasteiger partial charge on any atom is -0.312 e. The van der Waals surface area contributed by atoms with E-state index in [9.17, 15) is 9.59 Å². The van der Waals surface area contributed by atoms with Crippen LogP contribution in [0.3, 0.4) is 0 Å². The van der Waals surface area contributed by atoms with Gasteiger partial charge >= 0.3 is 0 Å². The molecule has 5 nitrogen and oxygen atoms in total. The van der Waals surface area contributed by atoms with Crippen molar-refractivity contribution < 1.29 is 9.59 Å². The standard InChI is InChI=1S/C10H15N3O2/c1-6(2)11-5-7-12-8(14)10(3-4-10)9(15)13-7/h6,11H,3-5H2,1-2H3,(H,12,13,14,15). The van der Waals surface area contributed by atoms with Gasteiger partial charge in [-0.15, -0.1) is 0 Å². The van der Waals surface area contributed by atoms with Gasteiger partial charge < -0.3 is 10.6 Å². The van der Waals surface area contributed by atoms with Crippen LogP contribution >= 0.6 is 0 Å². The Morgan fingerprint density at radius 3 is 2.60 bits per heavy atom. The van der Waals surface area contributed by atoms with E-state index >= 15 is 0 Å². The molecule has 0 unspecified atom stereocenters. The van der Waals surface area contributed by atoms with Gasteiger partial charge in [-0.3, -0.25) is 9.59 Å². The van der Waals surface area contributed by atoms with Gasteiger partial charge in [0, 0.05) is 6.04 Å². The maximum atomic E-state index is 11.6. The van der Waals surface area contributed by atoms with Crippen LogP contribution in [0.5, 0.6) is 0 Å². The highest BCUT2D eigenvalue weighted by molar-refractivity contribution is 6.20. The molecule has 82 valence electrons. The lowest BCUT2D eigenvalue weighted by Gasteiger charge is -2.20. The predicted molar refractivity (Wildman–Crippen MR) is 55.4 cm³/mol. The van der Waals surface area contributed by atoms with Crippen molar-refractivity contribution in [3.05, 3.63) is 0 Å². The molecule has 0 aromatic rings. The van der Waals surface area contributed by atoms with Crippen LogP contribution in [-0.4, -0.2) is 30.2 Å². The molecule has 2 rings (SSSR count). The maximum absolute atomic E-state index is 11.6. The number of hydrogen-bond donors (Lipinski definition) is 2. The molecule has 0 saturated heterocycles. The second kappa shape index (κ2) is 3.41. The van der Waals surface area contributed by atoms with Gasteiger partial charge in [0.15, 0.2) is 0 Å². The van der Waals surface area contributed by atoms with Crippen molar-refractivity contribution in [3.8, 4) is 0 Å². The minimum atomic E-state index is -0.790. The summed E-state index contributed by atoms with van der Waals surface area (Å²) in [6.07, 6.45) is 1.29. The predicted octanol–water partition coefficient (Wildman–Crippen LogP) is -0.181. The largest absolute Gasteiger partial charge is 0.312 e. The molecule has 5 heteroatoms. The van der Waals surface area contributed by atoms with Gasteiger partial charge in [-0.1, -0.05) is 13.8 Å². The van der Waals surface area contributed by atoms with E-state index < -0.39 is 5.41 Å². The summed E-state index contributed by atoms with van der Waals surface area (Å²) in [5.74, 6) is -0.00825. The summed E-state index contributed by atoms with van der Waals surface area (Å²) in [5.41, 5.74) is -0.790. The Morgan fingerprint density at radius 1 is 1.47 bits per heavy atom. The van der Waals surface area contributed by atoms with E-state index in [0.717, 1.165) is 0 Å². The number of hydrogen-bond acceptors (Lipinski definition) is 3. The Hall–Kier alpha value is -1.23. The average molecular weight is 209 g/mol. The van der Waals surface area contributed by atoms with Crippen LogP contribution in [0.25, 0.3) is 0 Å². The quantitative estimate of drug-likeness (QED) is 0.633. The minimum absolute atomic E-state index is 0.178. The maximum Gasteiger partial charge on any atom is 0.263 e. The smallest absolute Gasteiger partial charge is 0.263 e. The molecule has 2 aliphatic rings. The lowest BCUT2D eigenvalue weighted by Crippen LogP contribution is -2.49. The third kappa shape index (κ3) is 1.79. The average Bonchev–Trinajstić information content (AvgIpc) is 2.92. The first-order chi connectivity index (χ1) is 7.04. The number of nitrogens with one attached hydrogen (secondary N) is 2. The third-order valence-electron chi connectivity index (χ3n) is 2.77. The monoisotopic (exact) mass is 209 g/mol. The van der Waals surface area contributed by atoms with Crippen molar-refractivity contribution in [2.24, 2.45) is 10.4 Å². The number of carbonyl (C=O) groups is 2. The van der Waals surface area contributed by atoms with Gasteiger partial charge in [-0.25, -0.2) is 0 Å². The Kier molecular flexibility index (Phi) is 2.34. The Balaban J connectivity index is 2.03. The molecule has 1 spiro atoms. The molecule has 1 saturated carbocycles. The molecule has 0 atom stereocenters. The van der Waals surface area contributed by atoms with Gasteiger partial charge in [-0.2, -0.15) is 4.99 Å². The van der Waals surface area contributed by atoms with E-state index in [0.29, 0.717) is 31.3 Å². The molecule has 1 heterocycles. The van der Waals surface area contributed by atoms with Crippen LogP contribution < -0.4 is 10.6 Å². The number of amidine groups is 1. The first-order valence-electron chi connectivity index (χ1n) is 5.21. The van der Waals surface area contributed by atoms with Crippen LogP contribution in [0.15, 0.2) is 4.99 Å². The van der Waals surface area contributed by atoms with Crippen molar-refractivity contribution in [2.75, 3.05) is 6.54 Å². The van der Waals surface area contributed by atoms with Crippen LogP contribution in [-0.2, 0) is 9.59 Å². The molecule has 0 aromatic carbocycles. The highest BCUT2D eigenvalue weighted by Crippen LogP contribution is 2.48. The molecule has 1 aliphatic carbocycles. The summed E-state index contributed by atoms with van der Waals surface area (Å²) in [7, 11) is 0. The van der Waals surface area contributed by atoms with Crippen molar-refractivity contribution in [3.63, 3.8) is 0 Å². The van der Waals surface area contributed by atoms with E-state index in [-0.39, 0.29) is 11.8 Å². The van der Waals surface area contributed by atoms with Crippen molar-refractivity contribution in [2.45, 2.75) is 32.7 Å². The van der Waals surface area contributed by atoms with Crippen molar-refractivity contribution in [1.82, 2.24) is 10.6 Å². The molecule has 1 aliphatic heterocycles. The second-order valence-electron chi connectivity index (χ2n) is 4.44. The highest BCUT2D eigenvalue weighted by atomic mass is 16.2. The van der Waals surface area contributed by atoms with Crippen LogP contribution in [0, 0.1) is 5.41 Å². The van der Waals surface area contributed by atoms with Gasteiger partial charge in [0.05, 0.1) is 6.54 Å². The van der Waals surface area contributed by atoms with Crippen molar-refractivity contribution in [1.29, 1.82) is 0 Å². The summed E-state index contributed by atoms with van der Waals surface area (Å²) in [5, 5.41) is 5.79. The lowest BCUT2D eigenvalue weighted by molar-refractivity contribution is -0.135. The molecule has 0 bridgehead atoms. The Labute approximate surface area is 88.3 Å². The topological polar surface area (TPSA) is 70.6 Å². The zero-order valence-corrected chi connectivity index (χ0v) is 8.96. The van der Waals surface area contributed by atoms with Crippen LogP contribution in [0.1, 0.15) is 26.7 Å². The highest BCUT2D eigenvalue weighted by Gasteiger charge is 2.58. The van der Waals surface area contributed by atoms with E-state index in [2.05, 4.69) is 15.6 Å². The molecule has 0 aromatic heterocycles. The van der Waals surface area contributed by atoms with E-state index in [1.165, 1.54) is 0 Å². The number of amides is 2. The van der Waals surface area contributed by atoms with Gasteiger partial charge in [-0.05, 0) is 12.8 Å². The van der Waals surface area contributed by atoms with Crippen LogP contribution in [0.4, 0.5) is 0 Å². The van der Waals surface area contributed by atoms with Crippen LogP contribution in [0.2, 0.25) is 0 Å². The number of carbonyl (C=O) groups excluding carboxylic acids is 2. The lowest BCUT2D eigenvalue weighted by atomic mass is 10.0. The van der Waals surface area contributed by atoms with Crippen molar-refractivity contribution >= 4 is 17.6 Å². The van der Waals surface area contributed by atoms with Gasteiger partial charge in [0.2, 0.25) is 5.91 Å². The fraction of sp³-hybridized carbons (Fsp3) is 0.700. The third-order valence-corrected chi connectivity index (χ3v) is 2.77. The summed E-state index contributed by atoms with van der Waals surface area (Å²) >= 11 is 0. The molecule has 15 heavy (non-hydrogen) atoms. The SMILES string of the molecule is CC(C)NCC1=NC(=O)C2(CC2)C(=O)N1. The molecule has 2 N–H and O–H groups in total. The Morgan fingerprint density at radius 2 is 2.13 bits per heavy atom. The molecule has 2 amide bonds. The van der Waals surface area contributed by atoms with E-state index in [1.807, 2.05) is 13.8 Å². The summed E-state index contributed by atoms with van der Waals surface area (Å²) in [4.78, 5) is 27.1. The number of rotatable bonds is 3. The van der Waals surface area contributed by atoms with Gasteiger partial charge in [0.25, 0.3) is 5.91 Å².